The first-order valence-electron chi connectivity index (χ1n) is 8.36. The highest BCUT2D eigenvalue weighted by Gasteiger charge is 2.05. The van der Waals surface area contributed by atoms with Gasteiger partial charge in [0.25, 0.3) is 5.91 Å². The van der Waals surface area contributed by atoms with Crippen molar-refractivity contribution < 1.29 is 9.53 Å². The molecule has 0 saturated heterocycles. The van der Waals surface area contributed by atoms with Gasteiger partial charge in [0.15, 0.2) is 0 Å². The minimum absolute atomic E-state index is 0.228. The molecule has 0 saturated carbocycles. The summed E-state index contributed by atoms with van der Waals surface area (Å²) >= 11 is 0. The molecule has 0 fully saturated rings. The lowest BCUT2D eigenvalue weighted by atomic mass is 10.1. The summed E-state index contributed by atoms with van der Waals surface area (Å²) in [5.74, 6) is 1.31. The smallest absolute Gasteiger partial charge is 0.271 e. The molecule has 0 unspecified atom stereocenters. The van der Waals surface area contributed by atoms with Gasteiger partial charge >= 0.3 is 0 Å². The van der Waals surface area contributed by atoms with Crippen LogP contribution < -0.4 is 10.2 Å². The van der Waals surface area contributed by atoms with Gasteiger partial charge in [0.2, 0.25) is 0 Å². The molecule has 0 aromatic heterocycles. The lowest BCUT2D eigenvalue weighted by Crippen LogP contribution is -2.19. The van der Waals surface area contributed by atoms with Crippen molar-refractivity contribution in [2.24, 2.45) is 5.10 Å². The Bertz CT molecular complexity index is 899. The Balaban J connectivity index is 1.63. The van der Waals surface area contributed by atoms with E-state index in [0.29, 0.717) is 5.56 Å². The minimum Gasteiger partial charge on any atom is -0.457 e. The molecule has 1 amide bonds. The number of ether oxygens (including phenoxy) is 1. The summed E-state index contributed by atoms with van der Waals surface area (Å²) in [6.07, 6.45) is 0. The molecule has 4 nitrogen and oxygen atoms in total. The summed E-state index contributed by atoms with van der Waals surface area (Å²) in [5, 5.41) is 4.18. The highest BCUT2D eigenvalue weighted by molar-refractivity contribution is 6.00. The normalized spacial score (nSPS) is 11.1. The molecule has 0 heterocycles. The van der Waals surface area contributed by atoms with E-state index in [1.807, 2.05) is 80.6 Å². The number of carbonyl (C=O) groups excluding carboxylic acids is 1. The van der Waals surface area contributed by atoms with Gasteiger partial charge in [0, 0.05) is 5.56 Å². The number of carbonyl (C=O) groups is 1. The maximum Gasteiger partial charge on any atom is 0.271 e. The van der Waals surface area contributed by atoms with Crippen LogP contribution in [0.3, 0.4) is 0 Å². The van der Waals surface area contributed by atoms with Crippen LogP contribution in [0.1, 0.15) is 28.4 Å². The van der Waals surface area contributed by atoms with Crippen LogP contribution in [0, 0.1) is 6.92 Å². The highest BCUT2D eigenvalue weighted by atomic mass is 16.5. The topological polar surface area (TPSA) is 50.7 Å². The van der Waals surface area contributed by atoms with Gasteiger partial charge in [-0.25, -0.2) is 5.43 Å². The SMILES string of the molecule is CC(=NNC(=O)c1ccc(C)cc1)c1ccc(Oc2ccccc2)cc1. The molecule has 0 radical (unpaired) electrons. The third-order valence-corrected chi connectivity index (χ3v) is 3.89. The van der Waals surface area contributed by atoms with Crippen molar-refractivity contribution in [1.82, 2.24) is 5.43 Å². The molecule has 0 atom stereocenters. The van der Waals surface area contributed by atoms with E-state index in [4.69, 9.17) is 4.74 Å². The van der Waals surface area contributed by atoms with Crippen LogP contribution in [0.15, 0.2) is 84.0 Å². The van der Waals surface area contributed by atoms with Crippen LogP contribution in [-0.2, 0) is 0 Å². The zero-order valence-electron chi connectivity index (χ0n) is 14.8. The van der Waals surface area contributed by atoms with Crippen molar-refractivity contribution in [1.29, 1.82) is 0 Å². The molecule has 26 heavy (non-hydrogen) atoms. The van der Waals surface area contributed by atoms with Crippen molar-refractivity contribution in [2.75, 3.05) is 0 Å². The average molecular weight is 344 g/mol. The van der Waals surface area contributed by atoms with E-state index in [9.17, 15) is 4.79 Å². The van der Waals surface area contributed by atoms with Crippen LogP contribution in [0.2, 0.25) is 0 Å². The minimum atomic E-state index is -0.228. The number of amides is 1. The second kappa shape index (κ2) is 8.12. The maximum absolute atomic E-state index is 12.1. The number of nitrogens with zero attached hydrogens (tertiary/aromatic N) is 1. The number of hydrazone groups is 1. The summed E-state index contributed by atoms with van der Waals surface area (Å²) in [6, 6.07) is 24.6. The molecule has 1 N–H and O–H groups in total. The standard InChI is InChI=1S/C22H20N2O2/c1-16-8-10-19(11-9-16)22(25)24-23-17(2)18-12-14-21(15-13-18)26-20-6-4-3-5-7-20/h3-15H,1-2H3,(H,24,25). The number of rotatable bonds is 5. The Kier molecular flexibility index (Phi) is 5.44. The molecule has 3 aromatic carbocycles. The maximum atomic E-state index is 12.1. The van der Waals surface area contributed by atoms with Crippen molar-refractivity contribution in [3.8, 4) is 11.5 Å². The van der Waals surface area contributed by atoms with Crippen molar-refractivity contribution in [3.63, 3.8) is 0 Å². The van der Waals surface area contributed by atoms with Crippen LogP contribution >= 0.6 is 0 Å². The quantitative estimate of drug-likeness (QED) is 0.526. The third kappa shape index (κ3) is 4.57. The largest absolute Gasteiger partial charge is 0.457 e. The molecule has 0 aliphatic carbocycles. The van der Waals surface area contributed by atoms with Crippen molar-refractivity contribution in [2.45, 2.75) is 13.8 Å². The predicted molar refractivity (Wildman–Crippen MR) is 104 cm³/mol. The molecule has 3 rings (SSSR count). The molecular formula is C22H20N2O2. The zero-order chi connectivity index (χ0) is 18.4. The van der Waals surface area contributed by atoms with E-state index in [0.717, 1.165) is 28.3 Å². The van der Waals surface area contributed by atoms with Gasteiger partial charge in [-0.15, -0.1) is 0 Å². The average Bonchev–Trinajstić information content (AvgIpc) is 2.68. The van der Waals surface area contributed by atoms with E-state index >= 15 is 0 Å². The lowest BCUT2D eigenvalue weighted by Gasteiger charge is -2.07. The van der Waals surface area contributed by atoms with Crippen LogP contribution in [0.25, 0.3) is 0 Å². The molecule has 0 spiro atoms. The Hall–Kier alpha value is -3.40. The lowest BCUT2D eigenvalue weighted by molar-refractivity contribution is 0.0955. The summed E-state index contributed by atoms with van der Waals surface area (Å²) in [7, 11) is 0. The van der Waals surface area contributed by atoms with Gasteiger partial charge in [-0.2, -0.15) is 5.10 Å². The first-order valence-corrected chi connectivity index (χ1v) is 8.36. The van der Waals surface area contributed by atoms with Gasteiger partial charge in [-0.3, -0.25) is 4.79 Å². The second-order valence-corrected chi connectivity index (χ2v) is 5.94. The van der Waals surface area contributed by atoms with Crippen molar-refractivity contribution in [3.05, 3.63) is 95.6 Å². The third-order valence-electron chi connectivity index (χ3n) is 3.89. The zero-order valence-corrected chi connectivity index (χ0v) is 14.8. The van der Waals surface area contributed by atoms with E-state index in [1.165, 1.54) is 0 Å². The predicted octanol–water partition coefficient (Wildman–Crippen LogP) is 4.94. The molecule has 4 heteroatoms. The number of benzene rings is 3. The molecule has 3 aromatic rings. The molecule has 0 aliphatic rings. The van der Waals surface area contributed by atoms with Gasteiger partial charge in [-0.05, 0) is 67.9 Å². The highest BCUT2D eigenvalue weighted by Crippen LogP contribution is 2.21. The molecule has 0 bridgehead atoms. The Labute approximate surface area is 153 Å². The molecule has 130 valence electrons. The van der Waals surface area contributed by atoms with Crippen molar-refractivity contribution >= 4 is 11.6 Å². The fourth-order valence-corrected chi connectivity index (χ4v) is 2.36. The Morgan fingerprint density at radius 3 is 2.04 bits per heavy atom. The number of para-hydroxylation sites is 1. The van der Waals surface area contributed by atoms with E-state index in [-0.39, 0.29) is 5.91 Å². The second-order valence-electron chi connectivity index (χ2n) is 5.94. The summed E-state index contributed by atoms with van der Waals surface area (Å²) in [5.41, 5.74) is 5.91. The van der Waals surface area contributed by atoms with Gasteiger partial charge < -0.3 is 4.74 Å². The number of aryl methyl sites for hydroxylation is 1. The van der Waals surface area contributed by atoms with Gasteiger partial charge in [0.1, 0.15) is 11.5 Å². The van der Waals surface area contributed by atoms with Crippen LogP contribution in [0.4, 0.5) is 0 Å². The summed E-state index contributed by atoms with van der Waals surface area (Å²) < 4.78 is 5.77. The van der Waals surface area contributed by atoms with Gasteiger partial charge in [0.05, 0.1) is 5.71 Å². The van der Waals surface area contributed by atoms with Gasteiger partial charge in [-0.1, -0.05) is 35.9 Å². The fraction of sp³-hybridized carbons (Fsp3) is 0.0909. The summed E-state index contributed by atoms with van der Waals surface area (Å²) in [4.78, 5) is 12.1. The summed E-state index contributed by atoms with van der Waals surface area (Å²) in [6.45, 7) is 3.83. The van der Waals surface area contributed by atoms with E-state index < -0.39 is 0 Å². The first-order chi connectivity index (χ1) is 12.6. The fourth-order valence-electron chi connectivity index (χ4n) is 2.36. The van der Waals surface area contributed by atoms with E-state index in [1.54, 1.807) is 12.1 Å². The first kappa shape index (κ1) is 17.4. The monoisotopic (exact) mass is 344 g/mol. The number of nitrogens with one attached hydrogen (secondary N) is 1. The Morgan fingerprint density at radius 1 is 0.808 bits per heavy atom. The molecule has 0 aliphatic heterocycles. The number of hydrogen-bond acceptors (Lipinski definition) is 3. The van der Waals surface area contributed by atoms with Crippen LogP contribution in [-0.4, -0.2) is 11.6 Å². The number of hydrogen-bond donors (Lipinski definition) is 1. The Morgan fingerprint density at radius 2 is 1.38 bits per heavy atom. The molecular weight excluding hydrogens is 324 g/mol. The van der Waals surface area contributed by atoms with Crippen LogP contribution in [0.5, 0.6) is 11.5 Å². The van der Waals surface area contributed by atoms with E-state index in [2.05, 4.69) is 10.5 Å².